The van der Waals surface area contributed by atoms with Crippen molar-refractivity contribution in [3.63, 3.8) is 0 Å². The number of benzene rings is 1. The Bertz CT molecular complexity index is 524. The minimum atomic E-state index is -0.360. The van der Waals surface area contributed by atoms with Crippen LogP contribution in [0.3, 0.4) is 0 Å². The van der Waals surface area contributed by atoms with Crippen LogP contribution >= 0.6 is 22.9 Å². The minimum absolute atomic E-state index is 0.172. The Hall–Kier alpha value is -0.900. The molecule has 4 heteroatoms. The van der Waals surface area contributed by atoms with Gasteiger partial charge < -0.3 is 5.32 Å². The Kier molecular flexibility index (Phi) is 4.75. The van der Waals surface area contributed by atoms with E-state index in [1.807, 2.05) is 6.07 Å². The fourth-order valence-corrected chi connectivity index (χ4v) is 2.87. The summed E-state index contributed by atoms with van der Waals surface area (Å²) >= 11 is 7.40. The highest BCUT2D eigenvalue weighted by molar-refractivity contribution is 7.10. The molecule has 1 nitrogen and oxygen atoms in total. The molecule has 0 bridgehead atoms. The summed E-state index contributed by atoms with van der Waals surface area (Å²) in [5.41, 5.74) is 2.29. The normalized spacial score (nSPS) is 10.8. The summed E-state index contributed by atoms with van der Waals surface area (Å²) < 4.78 is 13.2. The van der Waals surface area contributed by atoms with Gasteiger partial charge in [-0.25, -0.2) is 4.39 Å². The zero-order valence-electron chi connectivity index (χ0n) is 10.2. The van der Waals surface area contributed by atoms with E-state index in [0.29, 0.717) is 6.54 Å². The molecule has 1 aromatic heterocycles. The van der Waals surface area contributed by atoms with Crippen molar-refractivity contribution in [2.45, 2.75) is 26.4 Å². The highest BCUT2D eigenvalue weighted by Crippen LogP contribution is 2.18. The van der Waals surface area contributed by atoms with Crippen molar-refractivity contribution in [1.29, 1.82) is 0 Å². The minimum Gasteiger partial charge on any atom is -0.308 e. The molecule has 2 aromatic rings. The van der Waals surface area contributed by atoms with Crippen molar-refractivity contribution in [3.8, 4) is 0 Å². The van der Waals surface area contributed by atoms with Crippen molar-refractivity contribution in [2.24, 2.45) is 0 Å². The lowest BCUT2D eigenvalue weighted by atomic mass is 10.2. The van der Waals surface area contributed by atoms with E-state index in [2.05, 4.69) is 23.7 Å². The SMILES string of the molecule is CCc1ccsc1CNCc1ccc(Cl)c(F)c1. The van der Waals surface area contributed by atoms with E-state index in [1.165, 1.54) is 16.5 Å². The number of rotatable bonds is 5. The van der Waals surface area contributed by atoms with Crippen LogP contribution < -0.4 is 5.32 Å². The second-order valence-electron chi connectivity index (χ2n) is 4.07. The first-order valence-corrected chi connectivity index (χ1v) is 7.16. The molecule has 1 aromatic carbocycles. The lowest BCUT2D eigenvalue weighted by Gasteiger charge is -2.06. The van der Waals surface area contributed by atoms with E-state index in [9.17, 15) is 4.39 Å². The highest BCUT2D eigenvalue weighted by Gasteiger charge is 2.03. The Morgan fingerprint density at radius 1 is 1.28 bits per heavy atom. The van der Waals surface area contributed by atoms with E-state index in [-0.39, 0.29) is 10.8 Å². The van der Waals surface area contributed by atoms with Gasteiger partial charge in [-0.05, 0) is 41.1 Å². The van der Waals surface area contributed by atoms with Crippen LogP contribution in [0.2, 0.25) is 5.02 Å². The molecule has 0 amide bonds. The lowest BCUT2D eigenvalue weighted by molar-refractivity contribution is 0.621. The van der Waals surface area contributed by atoms with Crippen LogP contribution in [-0.4, -0.2) is 0 Å². The Labute approximate surface area is 116 Å². The van der Waals surface area contributed by atoms with Crippen molar-refractivity contribution in [1.82, 2.24) is 5.32 Å². The second kappa shape index (κ2) is 6.32. The molecule has 0 spiro atoms. The molecule has 0 aliphatic rings. The van der Waals surface area contributed by atoms with Crippen LogP contribution in [0.25, 0.3) is 0 Å². The van der Waals surface area contributed by atoms with Crippen molar-refractivity contribution >= 4 is 22.9 Å². The summed E-state index contributed by atoms with van der Waals surface area (Å²) in [6.45, 7) is 3.63. The summed E-state index contributed by atoms with van der Waals surface area (Å²) in [5, 5.41) is 5.61. The fraction of sp³-hybridized carbons (Fsp3) is 0.286. The summed E-state index contributed by atoms with van der Waals surface area (Å²) in [7, 11) is 0. The van der Waals surface area contributed by atoms with Gasteiger partial charge in [0.2, 0.25) is 0 Å². The van der Waals surface area contributed by atoms with Crippen molar-refractivity contribution < 1.29 is 4.39 Å². The van der Waals surface area contributed by atoms with Crippen molar-refractivity contribution in [3.05, 3.63) is 56.5 Å². The predicted molar refractivity (Wildman–Crippen MR) is 75.7 cm³/mol. The van der Waals surface area contributed by atoms with E-state index < -0.39 is 0 Å². The van der Waals surface area contributed by atoms with E-state index in [4.69, 9.17) is 11.6 Å². The summed E-state index contributed by atoms with van der Waals surface area (Å²) in [4.78, 5) is 1.35. The summed E-state index contributed by atoms with van der Waals surface area (Å²) in [6.07, 6.45) is 1.05. The van der Waals surface area contributed by atoms with Crippen molar-refractivity contribution in [2.75, 3.05) is 0 Å². The van der Waals surface area contributed by atoms with Crippen LogP contribution in [0.4, 0.5) is 4.39 Å². The molecule has 0 atom stereocenters. The monoisotopic (exact) mass is 283 g/mol. The molecule has 1 N–H and O–H groups in total. The van der Waals surface area contributed by atoms with Gasteiger partial charge in [-0.3, -0.25) is 0 Å². The maximum atomic E-state index is 13.2. The highest BCUT2D eigenvalue weighted by atomic mass is 35.5. The lowest BCUT2D eigenvalue weighted by Crippen LogP contribution is -2.12. The zero-order valence-corrected chi connectivity index (χ0v) is 11.7. The molecular formula is C14H15ClFNS. The Morgan fingerprint density at radius 3 is 2.83 bits per heavy atom. The van der Waals surface area contributed by atoms with Gasteiger partial charge in [-0.1, -0.05) is 24.6 Å². The molecule has 0 aliphatic carbocycles. The molecule has 0 aliphatic heterocycles. The molecule has 0 saturated heterocycles. The number of halogens is 2. The van der Waals surface area contributed by atoms with Gasteiger partial charge in [0.25, 0.3) is 0 Å². The van der Waals surface area contributed by atoms with Gasteiger partial charge in [0.1, 0.15) is 5.82 Å². The fourth-order valence-electron chi connectivity index (χ4n) is 1.81. The molecule has 2 rings (SSSR count). The average molecular weight is 284 g/mol. The van der Waals surface area contributed by atoms with Crippen LogP contribution in [0, 0.1) is 5.82 Å². The largest absolute Gasteiger partial charge is 0.308 e. The molecular weight excluding hydrogens is 269 g/mol. The molecule has 0 fully saturated rings. The van der Waals surface area contributed by atoms with Crippen LogP contribution in [0.1, 0.15) is 22.9 Å². The number of nitrogens with one attached hydrogen (secondary N) is 1. The van der Waals surface area contributed by atoms with E-state index in [0.717, 1.165) is 18.5 Å². The second-order valence-corrected chi connectivity index (χ2v) is 5.48. The maximum absolute atomic E-state index is 13.2. The van der Waals surface area contributed by atoms with Gasteiger partial charge in [0.05, 0.1) is 5.02 Å². The third-order valence-corrected chi connectivity index (χ3v) is 4.09. The Morgan fingerprint density at radius 2 is 2.11 bits per heavy atom. The predicted octanol–water partition coefficient (Wildman–Crippen LogP) is 4.39. The first-order valence-electron chi connectivity index (χ1n) is 5.90. The molecule has 1 heterocycles. The van der Waals surface area contributed by atoms with Gasteiger partial charge in [0, 0.05) is 18.0 Å². The van der Waals surface area contributed by atoms with E-state index in [1.54, 1.807) is 17.4 Å². The van der Waals surface area contributed by atoms with Gasteiger partial charge in [-0.15, -0.1) is 11.3 Å². The molecule has 0 radical (unpaired) electrons. The standard InChI is InChI=1S/C14H15ClFNS/c1-2-11-5-6-18-14(11)9-17-8-10-3-4-12(15)13(16)7-10/h3-7,17H,2,8-9H2,1H3. The summed E-state index contributed by atoms with van der Waals surface area (Å²) in [6, 6.07) is 7.07. The smallest absolute Gasteiger partial charge is 0.142 e. The van der Waals surface area contributed by atoms with Gasteiger partial charge in [-0.2, -0.15) is 0 Å². The maximum Gasteiger partial charge on any atom is 0.142 e. The van der Waals surface area contributed by atoms with Crippen LogP contribution in [-0.2, 0) is 19.5 Å². The zero-order chi connectivity index (χ0) is 13.0. The van der Waals surface area contributed by atoms with Gasteiger partial charge in [0.15, 0.2) is 0 Å². The average Bonchev–Trinajstić information content (AvgIpc) is 2.81. The number of aryl methyl sites for hydroxylation is 1. The number of hydrogen-bond donors (Lipinski definition) is 1. The third kappa shape index (κ3) is 3.31. The van der Waals surface area contributed by atoms with Crippen LogP contribution in [0.15, 0.2) is 29.6 Å². The van der Waals surface area contributed by atoms with Gasteiger partial charge >= 0.3 is 0 Å². The third-order valence-electron chi connectivity index (χ3n) is 2.82. The molecule has 0 saturated carbocycles. The number of thiophene rings is 1. The first-order chi connectivity index (χ1) is 8.70. The molecule has 96 valence electrons. The first kappa shape index (κ1) is 13.5. The number of hydrogen-bond acceptors (Lipinski definition) is 2. The van der Waals surface area contributed by atoms with Crippen LogP contribution in [0.5, 0.6) is 0 Å². The summed E-state index contributed by atoms with van der Waals surface area (Å²) in [5.74, 6) is -0.360. The quantitative estimate of drug-likeness (QED) is 0.858. The molecule has 0 unspecified atom stereocenters. The molecule has 18 heavy (non-hydrogen) atoms. The Balaban J connectivity index is 1.90. The van der Waals surface area contributed by atoms with E-state index >= 15 is 0 Å². The topological polar surface area (TPSA) is 12.0 Å².